The molecule has 0 aliphatic rings. The van der Waals surface area contributed by atoms with Crippen molar-refractivity contribution in [1.29, 1.82) is 0 Å². The minimum absolute atomic E-state index is 0.168. The molecule has 0 atom stereocenters. The summed E-state index contributed by atoms with van der Waals surface area (Å²) in [4.78, 5) is 21.5. The lowest BCUT2D eigenvalue weighted by atomic mass is 9.49. The van der Waals surface area contributed by atoms with Crippen LogP contribution in [0.4, 0.5) is 0 Å². The molecule has 0 saturated heterocycles. The summed E-state index contributed by atoms with van der Waals surface area (Å²) in [6.45, 7) is 0. The van der Waals surface area contributed by atoms with Crippen LogP contribution in [0.15, 0.2) is 71.9 Å². The number of nitrogens with one attached hydrogen (secondary N) is 1. The van der Waals surface area contributed by atoms with Gasteiger partial charge < -0.3 is 19.0 Å². The van der Waals surface area contributed by atoms with Gasteiger partial charge in [-0.3, -0.25) is 9.78 Å². The second-order valence-corrected chi connectivity index (χ2v) is 9.08. The van der Waals surface area contributed by atoms with E-state index in [9.17, 15) is 4.79 Å². The fourth-order valence-corrected chi connectivity index (χ4v) is 3.71. The smallest absolute Gasteiger partial charge is 0.253 e. The van der Waals surface area contributed by atoms with E-state index in [-0.39, 0.29) is 11.1 Å². The van der Waals surface area contributed by atoms with Gasteiger partial charge in [-0.2, -0.15) is 0 Å². The largest absolute Gasteiger partial charge is 0.463 e. The van der Waals surface area contributed by atoms with E-state index in [1.807, 2.05) is 77.7 Å². The molecule has 0 radical (unpaired) electrons. The fourth-order valence-electron chi connectivity index (χ4n) is 3.71. The summed E-state index contributed by atoms with van der Waals surface area (Å²) >= 11 is 0. The molecule has 0 bridgehead atoms. The van der Waals surface area contributed by atoms with Gasteiger partial charge in [-0.1, -0.05) is 6.07 Å². The number of carbonyl (C=O) groups excluding carboxylic acids is 1. The fraction of sp³-hybridized carbons (Fsp3) is 0.0870. The van der Waals surface area contributed by atoms with Crippen molar-refractivity contribution in [3.8, 4) is 22.8 Å². The summed E-state index contributed by atoms with van der Waals surface area (Å²) in [7, 11) is 7.77. The predicted octanol–water partition coefficient (Wildman–Crippen LogP) is 1.41. The maximum Gasteiger partial charge on any atom is 0.253 e. The Kier molecular flexibility index (Phi) is 5.00. The number of amides is 1. The third kappa shape index (κ3) is 4.24. The first kappa shape index (κ1) is 20.9. The highest BCUT2D eigenvalue weighted by molar-refractivity contribution is 6.60. The van der Waals surface area contributed by atoms with Crippen molar-refractivity contribution in [2.24, 2.45) is 7.05 Å². The number of rotatable bonds is 5. The first-order valence-electron chi connectivity index (χ1n) is 10.7. The monoisotopic (exact) mass is 434 g/mol. The average molecular weight is 434 g/mol. The molecule has 1 N–H and O–H groups in total. The molecule has 0 aliphatic heterocycles. The molecule has 2 aromatic carbocycles. The summed E-state index contributed by atoms with van der Waals surface area (Å²) < 4.78 is 13.7. The number of hydrogen-bond acceptors (Lipinski definition) is 5. The van der Waals surface area contributed by atoms with Crippen molar-refractivity contribution in [1.82, 2.24) is 19.9 Å². The van der Waals surface area contributed by atoms with Gasteiger partial charge in [0.05, 0.1) is 23.1 Å². The van der Waals surface area contributed by atoms with Crippen LogP contribution in [0.5, 0.6) is 11.5 Å². The number of fused-ring (bicyclic) bond motifs is 2. The summed E-state index contributed by atoms with van der Waals surface area (Å²) in [5.41, 5.74) is 3.79. The highest BCUT2D eigenvalue weighted by atomic mass is 16.5. The van der Waals surface area contributed by atoms with Gasteiger partial charge in [0.1, 0.15) is 46.9 Å². The van der Waals surface area contributed by atoms with Crippen LogP contribution in [0.3, 0.4) is 0 Å². The molecular formula is C23H21B3N4O3. The molecule has 5 aromatic rings. The number of nitrogens with zero attached hydrogens (tertiary/aromatic N) is 3. The summed E-state index contributed by atoms with van der Waals surface area (Å²) in [5, 5.41) is 4.26. The van der Waals surface area contributed by atoms with Crippen LogP contribution in [0, 0.1) is 0 Å². The Bertz CT molecular complexity index is 1500. The van der Waals surface area contributed by atoms with Gasteiger partial charge in [0.2, 0.25) is 0 Å². The van der Waals surface area contributed by atoms with E-state index in [1.165, 1.54) is 6.26 Å². The van der Waals surface area contributed by atoms with Crippen molar-refractivity contribution < 1.29 is 13.9 Å². The Morgan fingerprint density at radius 2 is 1.91 bits per heavy atom. The first-order chi connectivity index (χ1) is 15.8. The Morgan fingerprint density at radius 3 is 2.67 bits per heavy atom. The highest BCUT2D eigenvalue weighted by Gasteiger charge is 2.20. The summed E-state index contributed by atoms with van der Waals surface area (Å²) in [5.74, 6) is 1.13. The Balaban J connectivity index is 1.44. The van der Waals surface area contributed by atoms with Gasteiger partial charge in [-0.05, 0) is 35.6 Å². The number of hydrogen-bond donors (Lipinski definition) is 1. The van der Waals surface area contributed by atoms with Gasteiger partial charge in [0, 0.05) is 41.8 Å². The zero-order chi connectivity index (χ0) is 23.2. The lowest BCUT2D eigenvalue weighted by Crippen LogP contribution is -2.50. The molecule has 0 spiro atoms. The number of imidazole rings is 1. The number of furan rings is 1. The van der Waals surface area contributed by atoms with Crippen LogP contribution >= 0.6 is 0 Å². The average Bonchev–Trinajstić information content (AvgIpc) is 3.38. The van der Waals surface area contributed by atoms with Crippen LogP contribution in [0.25, 0.3) is 33.1 Å². The molecule has 0 unspecified atom stereocenters. The molecule has 33 heavy (non-hydrogen) atoms. The zero-order valence-corrected chi connectivity index (χ0v) is 18.9. The van der Waals surface area contributed by atoms with E-state index in [0.29, 0.717) is 22.6 Å². The van der Waals surface area contributed by atoms with Crippen LogP contribution < -0.4 is 10.1 Å². The van der Waals surface area contributed by atoms with Gasteiger partial charge in [-0.25, -0.2) is 4.98 Å². The quantitative estimate of drug-likeness (QED) is 0.424. The predicted molar refractivity (Wildman–Crippen MR) is 136 cm³/mol. The van der Waals surface area contributed by atoms with Crippen LogP contribution in [0.1, 0.15) is 10.4 Å². The molecule has 0 aliphatic carbocycles. The van der Waals surface area contributed by atoms with Gasteiger partial charge in [0.15, 0.2) is 0 Å². The molecule has 1 amide bonds. The summed E-state index contributed by atoms with van der Waals surface area (Å²) in [6.07, 6.45) is 6.95. The number of ether oxygens (including phenoxy) is 1. The molecule has 0 fully saturated rings. The molecular weight excluding hydrogens is 413 g/mol. The number of pyridine rings is 1. The van der Waals surface area contributed by atoms with E-state index in [0.717, 1.165) is 27.5 Å². The number of carbonyl (C=O) groups is 1. The molecule has 0 saturated carbocycles. The van der Waals surface area contributed by atoms with Crippen molar-refractivity contribution in [3.05, 3.63) is 73.0 Å². The van der Waals surface area contributed by atoms with E-state index in [2.05, 4.69) is 15.3 Å². The van der Waals surface area contributed by atoms with Gasteiger partial charge in [-0.15, -0.1) is 0 Å². The van der Waals surface area contributed by atoms with E-state index < -0.39 is 0 Å². The second kappa shape index (κ2) is 7.88. The Labute approximate surface area is 193 Å². The third-order valence-electron chi connectivity index (χ3n) is 5.21. The Morgan fingerprint density at radius 1 is 1.09 bits per heavy atom. The van der Waals surface area contributed by atoms with E-state index in [1.54, 1.807) is 18.6 Å². The molecule has 10 heteroatoms. The van der Waals surface area contributed by atoms with Crippen molar-refractivity contribution >= 4 is 51.3 Å². The lowest BCUT2D eigenvalue weighted by Gasteiger charge is -2.20. The number of benzene rings is 2. The first-order valence-corrected chi connectivity index (χ1v) is 10.7. The van der Waals surface area contributed by atoms with Gasteiger partial charge >= 0.3 is 0 Å². The maximum absolute atomic E-state index is 12.6. The standard InChI is InChI=1S/C23H21B3N4O3/c1-30-10-19(28-12-30)13-2-4-16-18(8-13)27-7-6-20(16)33-14-3-5-15-17(11-32-21(15)9-14)22(31)29-23(24,25)26/h2-12H,24-26H2,1H3,(H,29,31). The minimum Gasteiger partial charge on any atom is -0.463 e. The molecule has 5 rings (SSSR count). The number of aryl methyl sites for hydroxylation is 1. The lowest BCUT2D eigenvalue weighted by molar-refractivity contribution is 0.0953. The van der Waals surface area contributed by atoms with Crippen molar-refractivity contribution in [2.75, 3.05) is 0 Å². The normalized spacial score (nSPS) is 11.7. The van der Waals surface area contributed by atoms with Crippen molar-refractivity contribution in [2.45, 2.75) is 5.24 Å². The molecule has 7 nitrogen and oxygen atoms in total. The molecule has 160 valence electrons. The minimum atomic E-state index is -0.331. The molecule has 3 aromatic heterocycles. The molecule has 3 heterocycles. The second-order valence-electron chi connectivity index (χ2n) is 9.08. The third-order valence-corrected chi connectivity index (χ3v) is 5.21. The van der Waals surface area contributed by atoms with Crippen LogP contribution in [-0.2, 0) is 7.05 Å². The maximum atomic E-state index is 12.6. The van der Waals surface area contributed by atoms with Crippen molar-refractivity contribution in [3.63, 3.8) is 0 Å². The van der Waals surface area contributed by atoms with Crippen LogP contribution in [-0.4, -0.2) is 49.2 Å². The highest BCUT2D eigenvalue weighted by Crippen LogP contribution is 2.33. The zero-order valence-electron chi connectivity index (χ0n) is 18.9. The van der Waals surface area contributed by atoms with E-state index in [4.69, 9.17) is 9.15 Å². The number of aromatic nitrogens is 3. The topological polar surface area (TPSA) is 82.2 Å². The summed E-state index contributed by atoms with van der Waals surface area (Å²) in [6, 6.07) is 13.3. The Hall–Kier alpha value is -3.94. The van der Waals surface area contributed by atoms with E-state index >= 15 is 0 Å². The van der Waals surface area contributed by atoms with Crippen LogP contribution in [0.2, 0.25) is 0 Å². The SMILES string of the molecule is BC(B)(B)NC(=O)c1coc2cc(Oc3ccnc4cc(-c5cn(C)cn5)ccc34)ccc12. The van der Waals surface area contributed by atoms with Gasteiger partial charge in [0.25, 0.3) is 5.91 Å².